The number of nitrogens with one attached hydrogen (secondary N) is 1. The van der Waals surface area contributed by atoms with Crippen LogP contribution < -0.4 is 10.2 Å². The van der Waals surface area contributed by atoms with Gasteiger partial charge in [0.2, 0.25) is 11.8 Å². The number of anilines is 2. The van der Waals surface area contributed by atoms with Crippen LogP contribution in [0.5, 0.6) is 0 Å². The molecule has 0 aromatic heterocycles. The second kappa shape index (κ2) is 10.2. The van der Waals surface area contributed by atoms with Gasteiger partial charge in [0, 0.05) is 42.3 Å². The van der Waals surface area contributed by atoms with Gasteiger partial charge >= 0.3 is 0 Å². The molecule has 0 spiro atoms. The molecule has 1 fully saturated rings. The van der Waals surface area contributed by atoms with E-state index in [0.29, 0.717) is 30.9 Å². The van der Waals surface area contributed by atoms with Crippen molar-refractivity contribution in [3.63, 3.8) is 0 Å². The van der Waals surface area contributed by atoms with E-state index in [0.717, 1.165) is 10.6 Å². The highest BCUT2D eigenvalue weighted by atomic mass is 35.5. The van der Waals surface area contributed by atoms with Gasteiger partial charge in [-0.3, -0.25) is 14.4 Å². The molecule has 1 aliphatic heterocycles. The minimum Gasteiger partial charge on any atom is -0.339 e. The van der Waals surface area contributed by atoms with Crippen LogP contribution in [0.4, 0.5) is 11.4 Å². The number of rotatable bonds is 7. The van der Waals surface area contributed by atoms with Crippen molar-refractivity contribution >= 4 is 52.5 Å². The molecular weight excluding hydrogens is 434 g/mol. The van der Waals surface area contributed by atoms with Crippen molar-refractivity contribution in [2.75, 3.05) is 36.1 Å². The van der Waals surface area contributed by atoms with Crippen molar-refractivity contribution in [2.24, 2.45) is 5.92 Å². The summed E-state index contributed by atoms with van der Waals surface area (Å²) in [7, 11) is 0. The molecule has 1 N–H and O–H groups in total. The lowest BCUT2D eigenvalue weighted by molar-refractivity contribution is -0.122. The van der Waals surface area contributed by atoms with Crippen molar-refractivity contribution in [2.45, 2.75) is 25.2 Å². The first-order chi connectivity index (χ1) is 14.9. The summed E-state index contributed by atoms with van der Waals surface area (Å²) in [6.45, 7) is 5.34. The lowest BCUT2D eigenvalue weighted by Crippen LogP contribution is -2.30. The van der Waals surface area contributed by atoms with Crippen LogP contribution >= 0.6 is 23.4 Å². The third kappa shape index (κ3) is 5.22. The van der Waals surface area contributed by atoms with E-state index >= 15 is 0 Å². The van der Waals surface area contributed by atoms with E-state index in [9.17, 15) is 14.4 Å². The zero-order valence-electron chi connectivity index (χ0n) is 17.9. The average molecular weight is 460 g/mol. The first-order valence-corrected chi connectivity index (χ1v) is 11.8. The van der Waals surface area contributed by atoms with E-state index in [1.54, 1.807) is 39.8 Å². The highest BCUT2D eigenvalue weighted by Crippen LogP contribution is 2.28. The highest BCUT2D eigenvalue weighted by molar-refractivity contribution is 7.98. The van der Waals surface area contributed by atoms with E-state index in [-0.39, 0.29) is 29.2 Å². The van der Waals surface area contributed by atoms with Crippen LogP contribution in [0.15, 0.2) is 47.4 Å². The molecule has 0 aliphatic carbocycles. The van der Waals surface area contributed by atoms with Crippen LogP contribution in [0.25, 0.3) is 0 Å². The zero-order valence-corrected chi connectivity index (χ0v) is 19.4. The molecule has 3 amide bonds. The fourth-order valence-corrected chi connectivity index (χ4v) is 4.26. The van der Waals surface area contributed by atoms with E-state index < -0.39 is 5.92 Å². The number of halogens is 1. The third-order valence-corrected chi connectivity index (χ3v) is 6.45. The minimum atomic E-state index is -0.455. The molecule has 31 heavy (non-hydrogen) atoms. The first kappa shape index (κ1) is 23.2. The topological polar surface area (TPSA) is 69.7 Å². The summed E-state index contributed by atoms with van der Waals surface area (Å²) in [6, 6.07) is 12.6. The molecule has 6 nitrogen and oxygen atoms in total. The number of thioether (sulfide) groups is 1. The maximum absolute atomic E-state index is 12.8. The second-order valence-electron chi connectivity index (χ2n) is 7.26. The second-order valence-corrected chi connectivity index (χ2v) is 8.55. The third-order valence-electron chi connectivity index (χ3n) is 5.40. The van der Waals surface area contributed by atoms with Crippen LogP contribution in [0.1, 0.15) is 30.6 Å². The minimum absolute atomic E-state index is 0.0738. The van der Waals surface area contributed by atoms with Crippen molar-refractivity contribution in [3.05, 3.63) is 53.1 Å². The summed E-state index contributed by atoms with van der Waals surface area (Å²) in [5.41, 5.74) is 1.70. The number of hydrogen-bond donors (Lipinski definition) is 1. The molecular formula is C23H26ClN3O3S. The Balaban J connectivity index is 1.67. The summed E-state index contributed by atoms with van der Waals surface area (Å²) < 4.78 is 0. The van der Waals surface area contributed by atoms with Crippen molar-refractivity contribution in [1.82, 2.24) is 4.90 Å². The van der Waals surface area contributed by atoms with Gasteiger partial charge in [0.1, 0.15) is 0 Å². The van der Waals surface area contributed by atoms with Crippen molar-refractivity contribution in [1.29, 1.82) is 0 Å². The molecule has 8 heteroatoms. The Morgan fingerprint density at radius 1 is 1.16 bits per heavy atom. The summed E-state index contributed by atoms with van der Waals surface area (Å²) in [6.07, 6.45) is 2.15. The summed E-state index contributed by atoms with van der Waals surface area (Å²) in [4.78, 5) is 42.2. The van der Waals surface area contributed by atoms with Crippen LogP contribution in [-0.4, -0.2) is 48.5 Å². The molecule has 0 saturated carbocycles. The Labute approximate surface area is 191 Å². The average Bonchev–Trinajstić information content (AvgIpc) is 3.16. The Kier molecular flexibility index (Phi) is 7.62. The van der Waals surface area contributed by atoms with Gasteiger partial charge in [0.05, 0.1) is 16.5 Å². The van der Waals surface area contributed by atoms with Crippen LogP contribution in [0.3, 0.4) is 0 Å². The predicted octanol–water partition coefficient (Wildman–Crippen LogP) is 4.54. The fourth-order valence-electron chi connectivity index (χ4n) is 3.59. The number of amides is 3. The van der Waals surface area contributed by atoms with Crippen LogP contribution in [0, 0.1) is 5.92 Å². The van der Waals surface area contributed by atoms with E-state index in [4.69, 9.17) is 11.6 Å². The molecule has 3 rings (SSSR count). The quantitative estimate of drug-likeness (QED) is 0.617. The van der Waals surface area contributed by atoms with Crippen LogP contribution in [0.2, 0.25) is 5.02 Å². The van der Waals surface area contributed by atoms with Gasteiger partial charge in [0.25, 0.3) is 5.91 Å². The first-order valence-electron chi connectivity index (χ1n) is 10.2. The summed E-state index contributed by atoms with van der Waals surface area (Å²) in [5.74, 6) is -0.911. The molecule has 1 atom stereocenters. The SMILES string of the molecule is CCN(CC)C(=O)c1ccc(NC(=O)C2CC(=O)N(c3ccc(SC)cc3)C2)cc1Cl. The largest absolute Gasteiger partial charge is 0.339 e. The number of nitrogens with zero attached hydrogens (tertiary/aromatic N) is 2. The normalized spacial score (nSPS) is 15.8. The molecule has 2 aromatic carbocycles. The highest BCUT2D eigenvalue weighted by Gasteiger charge is 2.35. The number of hydrogen-bond acceptors (Lipinski definition) is 4. The Hall–Kier alpha value is -2.51. The smallest absolute Gasteiger partial charge is 0.255 e. The molecule has 1 aliphatic rings. The molecule has 0 bridgehead atoms. The van der Waals surface area contributed by atoms with Crippen LogP contribution in [-0.2, 0) is 9.59 Å². The monoisotopic (exact) mass is 459 g/mol. The standard InChI is InChI=1S/C23H26ClN3O3S/c1-4-26(5-2)23(30)19-11-6-16(13-20(19)24)25-22(29)15-12-21(28)27(14-15)17-7-9-18(31-3)10-8-17/h6-11,13,15H,4-5,12,14H2,1-3H3,(H,25,29). The molecule has 164 valence electrons. The maximum atomic E-state index is 12.8. The maximum Gasteiger partial charge on any atom is 0.255 e. The summed E-state index contributed by atoms with van der Waals surface area (Å²) in [5, 5.41) is 3.11. The molecule has 1 saturated heterocycles. The Morgan fingerprint density at radius 2 is 1.84 bits per heavy atom. The molecule has 1 unspecified atom stereocenters. The summed E-state index contributed by atoms with van der Waals surface area (Å²) >= 11 is 7.95. The van der Waals surface area contributed by atoms with Gasteiger partial charge in [-0.2, -0.15) is 0 Å². The number of carbonyl (C=O) groups excluding carboxylic acids is 3. The van der Waals surface area contributed by atoms with E-state index in [2.05, 4.69) is 5.32 Å². The van der Waals surface area contributed by atoms with E-state index in [1.807, 2.05) is 44.4 Å². The lowest BCUT2D eigenvalue weighted by atomic mass is 10.1. The number of carbonyl (C=O) groups is 3. The Morgan fingerprint density at radius 3 is 2.42 bits per heavy atom. The predicted molar refractivity (Wildman–Crippen MR) is 126 cm³/mol. The van der Waals surface area contributed by atoms with Gasteiger partial charge in [-0.15, -0.1) is 11.8 Å². The lowest BCUT2D eigenvalue weighted by Gasteiger charge is -2.20. The molecule has 2 aromatic rings. The van der Waals surface area contributed by atoms with Gasteiger partial charge in [-0.1, -0.05) is 11.6 Å². The molecule has 0 radical (unpaired) electrons. The van der Waals surface area contributed by atoms with Crippen molar-refractivity contribution < 1.29 is 14.4 Å². The van der Waals surface area contributed by atoms with Gasteiger partial charge in [0.15, 0.2) is 0 Å². The van der Waals surface area contributed by atoms with E-state index in [1.165, 1.54) is 0 Å². The zero-order chi connectivity index (χ0) is 22.5. The Bertz CT molecular complexity index is 977. The van der Waals surface area contributed by atoms with Gasteiger partial charge in [-0.05, 0) is 62.6 Å². The fraction of sp³-hybridized carbons (Fsp3) is 0.348. The molecule has 1 heterocycles. The van der Waals surface area contributed by atoms with Gasteiger partial charge < -0.3 is 15.1 Å². The number of benzene rings is 2. The van der Waals surface area contributed by atoms with Gasteiger partial charge in [-0.25, -0.2) is 0 Å². The van der Waals surface area contributed by atoms with Crippen molar-refractivity contribution in [3.8, 4) is 0 Å².